The molecule has 96 valence electrons. The minimum atomic E-state index is -1.81. The number of aliphatic hydroxyl groups is 4. The van der Waals surface area contributed by atoms with Gasteiger partial charge >= 0.3 is 5.97 Å². The lowest BCUT2D eigenvalue weighted by Crippen LogP contribution is -2.59. The van der Waals surface area contributed by atoms with Crippen molar-refractivity contribution in [1.29, 1.82) is 0 Å². The molecule has 0 radical (unpaired) electrons. The van der Waals surface area contributed by atoms with Crippen molar-refractivity contribution < 1.29 is 39.8 Å². The van der Waals surface area contributed by atoms with Crippen LogP contribution in [-0.2, 0) is 14.3 Å². The highest BCUT2D eigenvalue weighted by atomic mass is 16.6. The molecule has 1 aliphatic heterocycles. The molecular formula is C8H16O8. The van der Waals surface area contributed by atoms with Gasteiger partial charge in [0, 0.05) is 14.2 Å². The molecule has 0 aromatic carbocycles. The molecule has 16 heavy (non-hydrogen) atoms. The van der Waals surface area contributed by atoms with E-state index in [0.717, 1.165) is 0 Å². The highest BCUT2D eigenvalue weighted by molar-refractivity contribution is 5.73. The molecule has 1 rings (SSSR count). The molecule has 1 saturated heterocycles. The van der Waals surface area contributed by atoms with Crippen LogP contribution in [0.15, 0.2) is 0 Å². The zero-order valence-electron chi connectivity index (χ0n) is 8.85. The number of hydrogen-bond donors (Lipinski definition) is 5. The first-order valence-corrected chi connectivity index (χ1v) is 4.37. The Morgan fingerprint density at radius 3 is 1.88 bits per heavy atom. The third kappa shape index (κ3) is 3.67. The first kappa shape index (κ1) is 15.2. The molecule has 8 nitrogen and oxygen atoms in total. The maximum atomic E-state index is 10.4. The summed E-state index contributed by atoms with van der Waals surface area (Å²) in [4.78, 5) is 10.4. The average Bonchev–Trinajstić information content (AvgIpc) is 2.21. The predicted molar refractivity (Wildman–Crippen MR) is 49.5 cm³/mol. The van der Waals surface area contributed by atoms with Crippen molar-refractivity contribution in [2.45, 2.75) is 30.7 Å². The average molecular weight is 240 g/mol. The van der Waals surface area contributed by atoms with Gasteiger partial charge in [0.1, 0.15) is 18.3 Å². The number of carbonyl (C=O) groups is 1. The third-order valence-electron chi connectivity index (χ3n) is 1.83. The van der Waals surface area contributed by atoms with Crippen molar-refractivity contribution in [1.82, 2.24) is 0 Å². The minimum Gasteiger partial charge on any atom is -0.479 e. The lowest BCUT2D eigenvalue weighted by Gasteiger charge is -2.36. The molecule has 0 unspecified atom stereocenters. The summed E-state index contributed by atoms with van der Waals surface area (Å²) < 4.78 is 8.59. The standard InChI is InChI=1S/C6H10O7.C2H6O/c7-1-2(8)4(5(10)11)13-6(12)3(1)9;1-3-2/h1-4,6-9,12H,(H,10,11);1-2H3/t1-,2-,3+,4-,6+;/m0./s1. The smallest absolute Gasteiger partial charge is 0.335 e. The zero-order chi connectivity index (χ0) is 12.9. The number of hydrogen-bond acceptors (Lipinski definition) is 7. The van der Waals surface area contributed by atoms with E-state index in [-0.39, 0.29) is 0 Å². The van der Waals surface area contributed by atoms with E-state index in [1.165, 1.54) is 0 Å². The number of methoxy groups -OCH3 is 1. The molecule has 0 bridgehead atoms. The molecule has 1 fully saturated rings. The normalized spacial score (nSPS) is 38.5. The van der Waals surface area contributed by atoms with E-state index < -0.39 is 36.7 Å². The lowest BCUT2D eigenvalue weighted by molar-refractivity contribution is -0.279. The Labute approximate surface area is 91.7 Å². The van der Waals surface area contributed by atoms with Crippen LogP contribution in [0.5, 0.6) is 0 Å². The second kappa shape index (κ2) is 6.74. The van der Waals surface area contributed by atoms with Gasteiger partial charge in [-0.1, -0.05) is 0 Å². The molecular weight excluding hydrogens is 224 g/mol. The van der Waals surface area contributed by atoms with Gasteiger partial charge in [0.15, 0.2) is 12.4 Å². The van der Waals surface area contributed by atoms with E-state index in [9.17, 15) is 4.79 Å². The van der Waals surface area contributed by atoms with Crippen LogP contribution in [0.25, 0.3) is 0 Å². The molecule has 1 heterocycles. The van der Waals surface area contributed by atoms with E-state index >= 15 is 0 Å². The first-order chi connectivity index (χ1) is 7.36. The summed E-state index contributed by atoms with van der Waals surface area (Å²) in [5, 5.41) is 44.4. The third-order valence-corrected chi connectivity index (χ3v) is 1.83. The molecule has 0 aromatic rings. The fraction of sp³-hybridized carbons (Fsp3) is 0.875. The number of ether oxygens (including phenoxy) is 2. The summed E-state index contributed by atoms with van der Waals surface area (Å²) in [6.45, 7) is 0. The first-order valence-electron chi connectivity index (χ1n) is 4.37. The Hall–Kier alpha value is -0.770. The highest BCUT2D eigenvalue weighted by Gasteiger charge is 2.46. The molecule has 0 aromatic heterocycles. The second-order valence-corrected chi connectivity index (χ2v) is 3.17. The van der Waals surface area contributed by atoms with Crippen LogP contribution in [0.1, 0.15) is 0 Å². The number of carboxylic acids is 1. The van der Waals surface area contributed by atoms with Crippen LogP contribution in [0, 0.1) is 0 Å². The van der Waals surface area contributed by atoms with Gasteiger partial charge in [-0.2, -0.15) is 0 Å². The Morgan fingerprint density at radius 1 is 1.06 bits per heavy atom. The minimum absolute atomic E-state index is 1.52. The van der Waals surface area contributed by atoms with E-state index in [4.69, 9.17) is 25.5 Å². The van der Waals surface area contributed by atoms with Crippen LogP contribution >= 0.6 is 0 Å². The van der Waals surface area contributed by atoms with Crippen molar-refractivity contribution in [2.75, 3.05) is 14.2 Å². The van der Waals surface area contributed by atoms with Crippen LogP contribution in [0.2, 0.25) is 0 Å². The van der Waals surface area contributed by atoms with Gasteiger partial charge in [-0.25, -0.2) is 4.79 Å². The number of rotatable bonds is 1. The summed E-state index contributed by atoms with van der Waals surface area (Å²) in [6, 6.07) is 0. The quantitative estimate of drug-likeness (QED) is 0.330. The Bertz CT molecular complexity index is 220. The summed E-state index contributed by atoms with van der Waals surface area (Å²) in [6.07, 6.45) is -8.72. The summed E-state index contributed by atoms with van der Waals surface area (Å²) >= 11 is 0. The van der Waals surface area contributed by atoms with E-state index in [1.54, 1.807) is 14.2 Å². The second-order valence-electron chi connectivity index (χ2n) is 3.17. The maximum absolute atomic E-state index is 10.4. The van der Waals surface area contributed by atoms with Crippen LogP contribution in [0.4, 0.5) is 0 Å². The summed E-state index contributed by atoms with van der Waals surface area (Å²) in [5.74, 6) is -1.52. The van der Waals surface area contributed by atoms with Crippen molar-refractivity contribution in [3.8, 4) is 0 Å². The molecule has 0 saturated carbocycles. The SMILES string of the molecule is COC.O=C(O)[C@H]1O[C@@H](O)[C@H](O)[C@@H](O)[C@@H]1O. The van der Waals surface area contributed by atoms with Crippen LogP contribution < -0.4 is 0 Å². The highest BCUT2D eigenvalue weighted by Crippen LogP contribution is 2.19. The van der Waals surface area contributed by atoms with Crippen molar-refractivity contribution in [2.24, 2.45) is 0 Å². The monoisotopic (exact) mass is 240 g/mol. The Kier molecular flexibility index (Phi) is 6.41. The fourth-order valence-electron chi connectivity index (χ4n) is 1.07. The Balaban J connectivity index is 0.000000673. The molecule has 0 amide bonds. The predicted octanol–water partition coefficient (Wildman–Crippen LogP) is -2.87. The van der Waals surface area contributed by atoms with Crippen molar-refractivity contribution in [3.63, 3.8) is 0 Å². The topological polar surface area (TPSA) is 137 Å². The number of aliphatic hydroxyl groups excluding tert-OH is 4. The van der Waals surface area contributed by atoms with E-state index in [0.29, 0.717) is 0 Å². The van der Waals surface area contributed by atoms with Gasteiger partial charge in [-0.05, 0) is 0 Å². The van der Waals surface area contributed by atoms with Crippen LogP contribution in [-0.4, -0.2) is 76.4 Å². The molecule has 1 aliphatic rings. The summed E-state index contributed by atoms with van der Waals surface area (Å²) in [5.41, 5.74) is 0. The van der Waals surface area contributed by atoms with E-state index in [2.05, 4.69) is 9.47 Å². The van der Waals surface area contributed by atoms with Crippen molar-refractivity contribution in [3.05, 3.63) is 0 Å². The number of carboxylic acid groups (broad SMARTS) is 1. The number of aliphatic carboxylic acids is 1. The van der Waals surface area contributed by atoms with Gasteiger partial charge in [-0.15, -0.1) is 0 Å². The lowest BCUT2D eigenvalue weighted by atomic mass is 9.99. The largest absolute Gasteiger partial charge is 0.479 e. The molecule has 5 N–H and O–H groups in total. The van der Waals surface area contributed by atoms with Crippen molar-refractivity contribution >= 4 is 5.97 Å². The van der Waals surface area contributed by atoms with Gasteiger partial charge in [0.25, 0.3) is 0 Å². The van der Waals surface area contributed by atoms with Gasteiger partial charge < -0.3 is 35.0 Å². The van der Waals surface area contributed by atoms with Gasteiger partial charge in [-0.3, -0.25) is 0 Å². The maximum Gasteiger partial charge on any atom is 0.335 e. The van der Waals surface area contributed by atoms with Gasteiger partial charge in [0.2, 0.25) is 0 Å². The summed E-state index contributed by atoms with van der Waals surface area (Å²) in [7, 11) is 3.25. The molecule has 0 spiro atoms. The Morgan fingerprint density at radius 2 is 1.50 bits per heavy atom. The van der Waals surface area contributed by atoms with Gasteiger partial charge in [0.05, 0.1) is 0 Å². The fourth-order valence-corrected chi connectivity index (χ4v) is 1.07. The molecule has 0 aliphatic carbocycles. The zero-order valence-corrected chi connectivity index (χ0v) is 8.85. The molecule has 5 atom stereocenters. The van der Waals surface area contributed by atoms with E-state index in [1.807, 2.05) is 0 Å². The van der Waals surface area contributed by atoms with Crippen LogP contribution in [0.3, 0.4) is 0 Å². The molecule has 8 heteroatoms.